The molecule has 0 spiro atoms. The highest BCUT2D eigenvalue weighted by molar-refractivity contribution is 5.54. The molecule has 0 bridgehead atoms. The Kier molecular flexibility index (Phi) is 4.31. The Balaban J connectivity index is 2.13. The van der Waals surface area contributed by atoms with Crippen molar-refractivity contribution >= 4 is 5.69 Å². The first-order valence-corrected chi connectivity index (χ1v) is 7.21. The summed E-state index contributed by atoms with van der Waals surface area (Å²) in [4.78, 5) is 0. The standard InChI is InChI=1S/C16H22F3N/c1-10-5-7-14(8-12(10)3)20-15-9-13(16(17,18)19)6-4-11(15)2/h4,6,9-10,12,14,20H,5,7-8H2,1-3H3. The third kappa shape index (κ3) is 3.47. The van der Waals surface area contributed by atoms with Gasteiger partial charge in [-0.05, 0) is 55.7 Å². The summed E-state index contributed by atoms with van der Waals surface area (Å²) in [7, 11) is 0. The first-order chi connectivity index (χ1) is 9.27. The van der Waals surface area contributed by atoms with Gasteiger partial charge in [0.2, 0.25) is 0 Å². The minimum absolute atomic E-state index is 0.281. The van der Waals surface area contributed by atoms with E-state index in [0.717, 1.165) is 30.9 Å². The molecule has 0 aromatic heterocycles. The van der Waals surface area contributed by atoms with E-state index in [4.69, 9.17) is 0 Å². The van der Waals surface area contributed by atoms with E-state index in [1.54, 1.807) is 6.07 Å². The zero-order valence-electron chi connectivity index (χ0n) is 12.2. The molecule has 20 heavy (non-hydrogen) atoms. The van der Waals surface area contributed by atoms with Gasteiger partial charge in [0, 0.05) is 11.7 Å². The highest BCUT2D eigenvalue weighted by Crippen LogP contribution is 2.34. The minimum Gasteiger partial charge on any atom is -0.382 e. The number of rotatable bonds is 2. The van der Waals surface area contributed by atoms with Crippen LogP contribution in [0.4, 0.5) is 18.9 Å². The summed E-state index contributed by atoms with van der Waals surface area (Å²) in [6, 6.07) is 4.20. The van der Waals surface area contributed by atoms with E-state index < -0.39 is 11.7 Å². The van der Waals surface area contributed by atoms with Crippen molar-refractivity contribution < 1.29 is 13.2 Å². The van der Waals surface area contributed by atoms with Gasteiger partial charge in [0.05, 0.1) is 5.56 Å². The number of aryl methyl sites for hydroxylation is 1. The molecule has 3 atom stereocenters. The summed E-state index contributed by atoms with van der Waals surface area (Å²) in [5.74, 6) is 1.32. The molecule has 1 aliphatic rings. The van der Waals surface area contributed by atoms with Crippen molar-refractivity contribution in [2.45, 2.75) is 52.3 Å². The van der Waals surface area contributed by atoms with Crippen molar-refractivity contribution in [3.63, 3.8) is 0 Å². The number of hydrogen-bond donors (Lipinski definition) is 1. The molecule has 2 rings (SSSR count). The van der Waals surface area contributed by atoms with E-state index in [0.29, 0.717) is 17.5 Å². The van der Waals surface area contributed by atoms with Crippen LogP contribution in [-0.2, 0) is 6.18 Å². The predicted molar refractivity (Wildman–Crippen MR) is 75.8 cm³/mol. The summed E-state index contributed by atoms with van der Waals surface area (Å²) < 4.78 is 38.3. The van der Waals surface area contributed by atoms with Crippen LogP contribution in [0.1, 0.15) is 44.2 Å². The molecule has 1 nitrogen and oxygen atoms in total. The van der Waals surface area contributed by atoms with Crippen LogP contribution in [0.5, 0.6) is 0 Å². The normalized spacial score (nSPS) is 27.4. The molecular weight excluding hydrogens is 263 g/mol. The van der Waals surface area contributed by atoms with Crippen LogP contribution in [0.2, 0.25) is 0 Å². The number of anilines is 1. The molecular formula is C16H22F3N. The molecule has 1 aromatic carbocycles. The fourth-order valence-electron chi connectivity index (χ4n) is 2.85. The Labute approximate surface area is 118 Å². The number of nitrogens with one attached hydrogen (secondary N) is 1. The summed E-state index contributed by atoms with van der Waals surface area (Å²) in [6.45, 7) is 6.31. The van der Waals surface area contributed by atoms with Gasteiger partial charge >= 0.3 is 6.18 Å². The summed E-state index contributed by atoms with van der Waals surface area (Å²) in [5, 5.41) is 3.31. The van der Waals surface area contributed by atoms with E-state index in [9.17, 15) is 13.2 Å². The highest BCUT2D eigenvalue weighted by Gasteiger charge is 2.31. The molecule has 3 unspecified atom stereocenters. The van der Waals surface area contributed by atoms with Crippen molar-refractivity contribution in [2.24, 2.45) is 11.8 Å². The topological polar surface area (TPSA) is 12.0 Å². The lowest BCUT2D eigenvalue weighted by atomic mass is 9.79. The van der Waals surface area contributed by atoms with Gasteiger partial charge in [0.25, 0.3) is 0 Å². The van der Waals surface area contributed by atoms with Crippen LogP contribution < -0.4 is 5.32 Å². The first kappa shape index (κ1) is 15.2. The Morgan fingerprint density at radius 2 is 1.80 bits per heavy atom. The van der Waals surface area contributed by atoms with Crippen LogP contribution in [-0.4, -0.2) is 6.04 Å². The number of hydrogen-bond acceptors (Lipinski definition) is 1. The molecule has 4 heteroatoms. The van der Waals surface area contributed by atoms with Crippen LogP contribution in [0.25, 0.3) is 0 Å². The Morgan fingerprint density at radius 3 is 2.40 bits per heavy atom. The number of halogens is 3. The van der Waals surface area contributed by atoms with Crippen LogP contribution in [0.3, 0.4) is 0 Å². The lowest BCUT2D eigenvalue weighted by Gasteiger charge is -2.33. The molecule has 112 valence electrons. The van der Waals surface area contributed by atoms with E-state index in [2.05, 4.69) is 19.2 Å². The molecule has 0 aliphatic heterocycles. The van der Waals surface area contributed by atoms with Gasteiger partial charge in [-0.3, -0.25) is 0 Å². The van der Waals surface area contributed by atoms with Gasteiger partial charge in [-0.25, -0.2) is 0 Å². The van der Waals surface area contributed by atoms with Gasteiger partial charge in [-0.2, -0.15) is 13.2 Å². The zero-order valence-corrected chi connectivity index (χ0v) is 12.2. The maximum atomic E-state index is 12.8. The minimum atomic E-state index is -4.28. The monoisotopic (exact) mass is 285 g/mol. The molecule has 0 radical (unpaired) electrons. The van der Waals surface area contributed by atoms with Crippen molar-refractivity contribution in [1.82, 2.24) is 0 Å². The number of alkyl halides is 3. The third-order valence-corrected chi connectivity index (χ3v) is 4.52. The second kappa shape index (κ2) is 5.66. The molecule has 0 heterocycles. The van der Waals surface area contributed by atoms with Gasteiger partial charge in [-0.15, -0.1) is 0 Å². The van der Waals surface area contributed by atoms with Gasteiger partial charge in [0.1, 0.15) is 0 Å². The van der Waals surface area contributed by atoms with Crippen LogP contribution in [0, 0.1) is 18.8 Å². The van der Waals surface area contributed by atoms with Gasteiger partial charge < -0.3 is 5.32 Å². The smallest absolute Gasteiger partial charge is 0.382 e. The molecule has 0 amide bonds. The highest BCUT2D eigenvalue weighted by atomic mass is 19.4. The average molecular weight is 285 g/mol. The Bertz CT molecular complexity index is 467. The summed E-state index contributed by atoms with van der Waals surface area (Å²) in [5.41, 5.74) is 0.902. The summed E-state index contributed by atoms with van der Waals surface area (Å²) >= 11 is 0. The van der Waals surface area contributed by atoms with E-state index in [1.807, 2.05) is 6.92 Å². The Morgan fingerprint density at radius 1 is 1.10 bits per heavy atom. The maximum Gasteiger partial charge on any atom is 0.416 e. The lowest BCUT2D eigenvalue weighted by molar-refractivity contribution is -0.137. The van der Waals surface area contributed by atoms with Crippen molar-refractivity contribution in [2.75, 3.05) is 5.32 Å². The molecule has 1 aliphatic carbocycles. The molecule has 1 N–H and O–H groups in total. The van der Waals surface area contributed by atoms with Gasteiger partial charge in [-0.1, -0.05) is 19.9 Å². The van der Waals surface area contributed by atoms with E-state index >= 15 is 0 Å². The summed E-state index contributed by atoms with van der Waals surface area (Å²) in [6.07, 6.45) is -1.09. The zero-order chi connectivity index (χ0) is 14.9. The number of benzene rings is 1. The fourth-order valence-corrected chi connectivity index (χ4v) is 2.85. The van der Waals surface area contributed by atoms with Crippen molar-refractivity contribution in [1.29, 1.82) is 0 Å². The van der Waals surface area contributed by atoms with Crippen LogP contribution >= 0.6 is 0 Å². The quantitative estimate of drug-likeness (QED) is 0.782. The van der Waals surface area contributed by atoms with E-state index in [1.165, 1.54) is 6.07 Å². The second-order valence-corrected chi connectivity index (χ2v) is 6.14. The van der Waals surface area contributed by atoms with Crippen molar-refractivity contribution in [3.05, 3.63) is 29.3 Å². The molecule has 1 fully saturated rings. The first-order valence-electron chi connectivity index (χ1n) is 7.21. The lowest BCUT2D eigenvalue weighted by Crippen LogP contribution is -2.30. The van der Waals surface area contributed by atoms with E-state index in [-0.39, 0.29) is 6.04 Å². The Hall–Kier alpha value is -1.19. The fraction of sp³-hybridized carbons (Fsp3) is 0.625. The maximum absolute atomic E-state index is 12.8. The average Bonchev–Trinajstić information content (AvgIpc) is 2.35. The third-order valence-electron chi connectivity index (χ3n) is 4.52. The largest absolute Gasteiger partial charge is 0.416 e. The van der Waals surface area contributed by atoms with Gasteiger partial charge in [0.15, 0.2) is 0 Å². The molecule has 0 saturated heterocycles. The predicted octanol–water partition coefficient (Wildman–Crippen LogP) is 5.25. The van der Waals surface area contributed by atoms with Crippen LogP contribution in [0.15, 0.2) is 18.2 Å². The second-order valence-electron chi connectivity index (χ2n) is 6.14. The molecule has 1 aromatic rings. The SMILES string of the molecule is Cc1ccc(C(F)(F)F)cc1NC1CCC(C)C(C)C1. The van der Waals surface area contributed by atoms with Crippen molar-refractivity contribution in [3.8, 4) is 0 Å². The molecule has 1 saturated carbocycles.